The molecule has 2 saturated heterocycles. The molecule has 6 nitrogen and oxygen atoms in total. The highest BCUT2D eigenvalue weighted by Gasteiger charge is 2.25. The van der Waals surface area contributed by atoms with E-state index in [-0.39, 0.29) is 5.91 Å². The van der Waals surface area contributed by atoms with Crippen LogP contribution in [0.5, 0.6) is 0 Å². The van der Waals surface area contributed by atoms with Gasteiger partial charge in [-0.1, -0.05) is 0 Å². The van der Waals surface area contributed by atoms with E-state index in [0.29, 0.717) is 19.0 Å². The number of piperidine rings is 1. The third-order valence-corrected chi connectivity index (χ3v) is 4.94. The number of aromatic nitrogens is 2. The molecule has 0 saturated carbocycles. The van der Waals surface area contributed by atoms with Crippen LogP contribution in [0.4, 0.5) is 5.82 Å². The molecule has 6 heteroatoms. The Balaban J connectivity index is 1.69. The lowest BCUT2D eigenvalue weighted by molar-refractivity contribution is -0.122. The van der Waals surface area contributed by atoms with Crippen molar-refractivity contribution in [2.24, 2.45) is 0 Å². The van der Waals surface area contributed by atoms with E-state index < -0.39 is 0 Å². The van der Waals surface area contributed by atoms with E-state index in [1.807, 2.05) is 13.8 Å². The van der Waals surface area contributed by atoms with E-state index in [2.05, 4.69) is 26.2 Å². The standard InChI is InChI=1S/C18H29N5O/c1-3-19-18(24)13-22-8-6-7-15(12-22)16-11-17(21-14(2)20-16)23-9-4-5-10-23/h11,15H,3-10,12-13H2,1-2H3,(H,19,24). The molecule has 1 aromatic heterocycles. The summed E-state index contributed by atoms with van der Waals surface area (Å²) < 4.78 is 0. The van der Waals surface area contributed by atoms with Crippen molar-refractivity contribution in [3.05, 3.63) is 17.6 Å². The number of carbonyl (C=O) groups excluding carboxylic acids is 1. The number of hydrogen-bond donors (Lipinski definition) is 1. The molecule has 132 valence electrons. The summed E-state index contributed by atoms with van der Waals surface area (Å²) in [5.41, 5.74) is 1.14. The summed E-state index contributed by atoms with van der Waals surface area (Å²) in [4.78, 5) is 25.8. The molecular formula is C18H29N5O. The molecule has 3 rings (SSSR count). The fourth-order valence-electron chi connectivity index (χ4n) is 3.79. The number of amides is 1. The Morgan fingerprint density at radius 1 is 1.25 bits per heavy atom. The SMILES string of the molecule is CCNC(=O)CN1CCCC(c2cc(N3CCCC3)nc(C)n2)C1. The van der Waals surface area contributed by atoms with E-state index >= 15 is 0 Å². The molecule has 0 aliphatic carbocycles. The summed E-state index contributed by atoms with van der Waals surface area (Å²) in [5.74, 6) is 2.46. The predicted molar refractivity (Wildman–Crippen MR) is 95.3 cm³/mol. The van der Waals surface area contributed by atoms with Gasteiger partial charge in [-0.2, -0.15) is 0 Å². The summed E-state index contributed by atoms with van der Waals surface area (Å²) >= 11 is 0. The van der Waals surface area contributed by atoms with E-state index in [1.165, 1.54) is 12.8 Å². The zero-order valence-electron chi connectivity index (χ0n) is 14.9. The van der Waals surface area contributed by atoms with Gasteiger partial charge in [0, 0.05) is 38.2 Å². The lowest BCUT2D eigenvalue weighted by Crippen LogP contribution is -2.42. The number of nitrogens with one attached hydrogen (secondary N) is 1. The zero-order valence-corrected chi connectivity index (χ0v) is 14.9. The number of aryl methyl sites for hydroxylation is 1. The van der Waals surface area contributed by atoms with Gasteiger partial charge in [0.2, 0.25) is 5.91 Å². The first kappa shape index (κ1) is 17.1. The normalized spacial score (nSPS) is 21.9. The van der Waals surface area contributed by atoms with Crippen molar-refractivity contribution in [1.82, 2.24) is 20.2 Å². The molecule has 24 heavy (non-hydrogen) atoms. The Labute approximate surface area is 144 Å². The molecule has 1 N–H and O–H groups in total. The van der Waals surface area contributed by atoms with Crippen molar-refractivity contribution in [2.45, 2.75) is 45.4 Å². The molecule has 0 bridgehead atoms. The quantitative estimate of drug-likeness (QED) is 0.890. The maximum Gasteiger partial charge on any atom is 0.234 e. The molecule has 2 aliphatic heterocycles. The Bertz CT molecular complexity index is 571. The van der Waals surface area contributed by atoms with E-state index in [4.69, 9.17) is 4.98 Å². The summed E-state index contributed by atoms with van der Waals surface area (Å²) in [6.45, 7) is 9.24. The lowest BCUT2D eigenvalue weighted by Gasteiger charge is -2.32. The van der Waals surface area contributed by atoms with Gasteiger partial charge in [-0.05, 0) is 46.1 Å². The second kappa shape index (κ2) is 7.92. The van der Waals surface area contributed by atoms with Crippen molar-refractivity contribution in [1.29, 1.82) is 0 Å². The average molecular weight is 331 g/mol. The number of anilines is 1. The predicted octanol–water partition coefficient (Wildman–Crippen LogP) is 1.70. The molecule has 0 aromatic carbocycles. The van der Waals surface area contributed by atoms with Gasteiger partial charge in [0.25, 0.3) is 0 Å². The summed E-state index contributed by atoms with van der Waals surface area (Å²) in [5, 5.41) is 2.89. The van der Waals surface area contributed by atoms with Gasteiger partial charge in [-0.25, -0.2) is 9.97 Å². The molecule has 0 spiro atoms. The molecule has 1 aromatic rings. The average Bonchev–Trinajstić information content (AvgIpc) is 3.09. The van der Waals surface area contributed by atoms with Crippen molar-refractivity contribution in [2.75, 3.05) is 44.2 Å². The number of likely N-dealkylation sites (N-methyl/N-ethyl adjacent to an activating group) is 1. The van der Waals surface area contributed by atoms with Crippen LogP contribution in [0.3, 0.4) is 0 Å². The fraction of sp³-hybridized carbons (Fsp3) is 0.722. The molecule has 0 radical (unpaired) electrons. The number of rotatable bonds is 5. The van der Waals surface area contributed by atoms with Crippen molar-refractivity contribution < 1.29 is 4.79 Å². The zero-order chi connectivity index (χ0) is 16.9. The van der Waals surface area contributed by atoms with Crippen molar-refractivity contribution in [3.8, 4) is 0 Å². The van der Waals surface area contributed by atoms with Gasteiger partial charge in [0.15, 0.2) is 0 Å². The molecular weight excluding hydrogens is 302 g/mol. The minimum absolute atomic E-state index is 0.120. The van der Waals surface area contributed by atoms with Gasteiger partial charge >= 0.3 is 0 Å². The third-order valence-electron chi connectivity index (χ3n) is 4.94. The Morgan fingerprint density at radius 3 is 2.79 bits per heavy atom. The number of likely N-dealkylation sites (tertiary alicyclic amines) is 1. The van der Waals surface area contributed by atoms with Gasteiger partial charge in [-0.15, -0.1) is 0 Å². The topological polar surface area (TPSA) is 61.4 Å². The van der Waals surface area contributed by atoms with Crippen molar-refractivity contribution in [3.63, 3.8) is 0 Å². The van der Waals surface area contributed by atoms with Gasteiger partial charge in [0.1, 0.15) is 11.6 Å². The molecule has 2 fully saturated rings. The number of carbonyl (C=O) groups is 1. The first-order chi connectivity index (χ1) is 11.7. The van der Waals surface area contributed by atoms with Crippen LogP contribution in [0.25, 0.3) is 0 Å². The highest BCUT2D eigenvalue weighted by Crippen LogP contribution is 2.28. The maximum atomic E-state index is 11.9. The second-order valence-electron chi connectivity index (χ2n) is 6.92. The minimum atomic E-state index is 0.120. The Kier molecular flexibility index (Phi) is 5.66. The maximum absolute atomic E-state index is 11.9. The smallest absolute Gasteiger partial charge is 0.234 e. The lowest BCUT2D eigenvalue weighted by atomic mass is 9.94. The molecule has 1 atom stereocenters. The van der Waals surface area contributed by atoms with Gasteiger partial charge in [0.05, 0.1) is 12.2 Å². The second-order valence-corrected chi connectivity index (χ2v) is 6.92. The number of nitrogens with zero attached hydrogens (tertiary/aromatic N) is 4. The largest absolute Gasteiger partial charge is 0.357 e. The first-order valence-corrected chi connectivity index (χ1v) is 9.25. The van der Waals surface area contributed by atoms with Crippen molar-refractivity contribution >= 4 is 11.7 Å². The summed E-state index contributed by atoms with van der Waals surface area (Å²) in [6.07, 6.45) is 4.76. The van der Waals surface area contributed by atoms with Crippen LogP contribution in [0.1, 0.15) is 50.0 Å². The highest BCUT2D eigenvalue weighted by molar-refractivity contribution is 5.77. The van der Waals surface area contributed by atoms with E-state index in [0.717, 1.165) is 56.4 Å². The molecule has 1 unspecified atom stereocenters. The fourth-order valence-corrected chi connectivity index (χ4v) is 3.79. The monoisotopic (exact) mass is 331 g/mol. The summed E-state index contributed by atoms with van der Waals surface area (Å²) in [6, 6.07) is 2.18. The van der Waals surface area contributed by atoms with E-state index in [1.54, 1.807) is 0 Å². The van der Waals surface area contributed by atoms with Crippen LogP contribution in [-0.2, 0) is 4.79 Å². The Morgan fingerprint density at radius 2 is 2.04 bits per heavy atom. The molecule has 1 amide bonds. The van der Waals surface area contributed by atoms with E-state index in [9.17, 15) is 4.79 Å². The van der Waals surface area contributed by atoms with Crippen LogP contribution >= 0.6 is 0 Å². The Hall–Kier alpha value is -1.69. The van der Waals surface area contributed by atoms with Crippen LogP contribution in [-0.4, -0.2) is 60.0 Å². The van der Waals surface area contributed by atoms with Crippen LogP contribution in [0.15, 0.2) is 6.07 Å². The third kappa shape index (κ3) is 4.23. The number of hydrogen-bond acceptors (Lipinski definition) is 5. The highest BCUT2D eigenvalue weighted by atomic mass is 16.2. The summed E-state index contributed by atoms with van der Waals surface area (Å²) in [7, 11) is 0. The first-order valence-electron chi connectivity index (χ1n) is 9.25. The molecule has 2 aliphatic rings. The van der Waals surface area contributed by atoms with Gasteiger partial charge < -0.3 is 10.2 Å². The minimum Gasteiger partial charge on any atom is -0.357 e. The molecule has 3 heterocycles. The van der Waals surface area contributed by atoms with Gasteiger partial charge in [-0.3, -0.25) is 9.69 Å². The van der Waals surface area contributed by atoms with Crippen LogP contribution in [0, 0.1) is 6.92 Å². The van der Waals surface area contributed by atoms with Crippen LogP contribution < -0.4 is 10.2 Å². The van der Waals surface area contributed by atoms with Crippen LogP contribution in [0.2, 0.25) is 0 Å².